The van der Waals surface area contributed by atoms with Crippen LogP contribution in [0, 0.1) is 0 Å². The van der Waals surface area contributed by atoms with E-state index in [2.05, 4.69) is 30.7 Å². The van der Waals surface area contributed by atoms with Gasteiger partial charge in [-0.15, -0.1) is 10.2 Å². The molecule has 0 saturated heterocycles. The molecule has 0 aliphatic rings. The highest BCUT2D eigenvalue weighted by Gasteiger charge is 2.08. The van der Waals surface area contributed by atoms with Crippen LogP contribution in [0.1, 0.15) is 0 Å². The van der Waals surface area contributed by atoms with Gasteiger partial charge in [-0.25, -0.2) is 0 Å². The molecule has 0 bridgehead atoms. The van der Waals surface area contributed by atoms with Crippen molar-refractivity contribution in [3.05, 3.63) is 109 Å². The third-order valence-corrected chi connectivity index (χ3v) is 6.69. The van der Waals surface area contributed by atoms with E-state index in [1.165, 1.54) is 0 Å². The number of fused-ring (bicyclic) bond motifs is 2. The molecule has 0 aliphatic heterocycles. The van der Waals surface area contributed by atoms with Gasteiger partial charge >= 0.3 is 0 Å². The van der Waals surface area contributed by atoms with Crippen molar-refractivity contribution in [2.24, 2.45) is 30.7 Å². The topological polar surface area (TPSA) is 178 Å². The Labute approximate surface area is 241 Å². The fourth-order valence-electron chi connectivity index (χ4n) is 4.58. The summed E-state index contributed by atoms with van der Waals surface area (Å²) in [5, 5.41) is 29.4. The lowest BCUT2D eigenvalue weighted by Gasteiger charge is -2.07. The summed E-state index contributed by atoms with van der Waals surface area (Å²) in [4.78, 5) is 0. The molecule has 0 aliphatic carbocycles. The van der Waals surface area contributed by atoms with Crippen molar-refractivity contribution in [2.45, 2.75) is 0 Å². The highest BCUT2D eigenvalue weighted by Crippen LogP contribution is 2.36. The van der Waals surface area contributed by atoms with Crippen LogP contribution in [0.15, 0.2) is 140 Å². The van der Waals surface area contributed by atoms with Crippen molar-refractivity contribution < 1.29 is 0 Å². The van der Waals surface area contributed by atoms with Crippen LogP contribution in [0.3, 0.4) is 0 Å². The molecule has 0 aromatic heterocycles. The van der Waals surface area contributed by atoms with Gasteiger partial charge in [-0.3, -0.25) is 0 Å². The second-order valence-corrected chi connectivity index (χ2v) is 9.52. The molecule has 0 radical (unpaired) electrons. The average molecular weight is 551 g/mol. The summed E-state index contributed by atoms with van der Waals surface area (Å²) in [6, 6.07) is 33.0. The van der Waals surface area contributed by atoms with E-state index >= 15 is 0 Å². The highest BCUT2D eigenvalue weighted by molar-refractivity contribution is 6.07. The van der Waals surface area contributed by atoms with Crippen LogP contribution in [0.5, 0.6) is 0 Å². The van der Waals surface area contributed by atoms with Gasteiger partial charge in [0.2, 0.25) is 0 Å². The van der Waals surface area contributed by atoms with E-state index in [-0.39, 0.29) is 0 Å². The number of nitrogen functional groups attached to an aromatic ring is 4. The number of azo groups is 3. The molecule has 0 amide bonds. The largest absolute Gasteiger partial charge is 0.398 e. The summed E-state index contributed by atoms with van der Waals surface area (Å²) in [6.07, 6.45) is 0. The average Bonchev–Trinajstić information content (AvgIpc) is 3.00. The molecule has 6 rings (SSSR count). The third-order valence-electron chi connectivity index (χ3n) is 6.69. The Bertz CT molecular complexity index is 1850. The van der Waals surface area contributed by atoms with Crippen LogP contribution < -0.4 is 22.9 Å². The maximum Gasteiger partial charge on any atom is 0.0937 e. The second-order valence-electron chi connectivity index (χ2n) is 9.52. The van der Waals surface area contributed by atoms with Crippen molar-refractivity contribution in [2.75, 3.05) is 22.9 Å². The van der Waals surface area contributed by atoms with Gasteiger partial charge in [0.15, 0.2) is 0 Å². The molecule has 0 fully saturated rings. The first-order chi connectivity index (χ1) is 20.5. The van der Waals surface area contributed by atoms with Crippen LogP contribution in [0.2, 0.25) is 0 Å². The Hall–Kier alpha value is -6.16. The van der Waals surface area contributed by atoms with E-state index in [1.807, 2.05) is 97.1 Å². The number of hydrogen-bond donors (Lipinski definition) is 4. The maximum absolute atomic E-state index is 6.10. The number of nitrogens with two attached hydrogens (primary N) is 4. The van der Waals surface area contributed by atoms with Gasteiger partial charge in [0, 0.05) is 44.3 Å². The fourth-order valence-corrected chi connectivity index (χ4v) is 4.58. The zero-order valence-corrected chi connectivity index (χ0v) is 22.4. The predicted molar refractivity (Wildman–Crippen MR) is 171 cm³/mol. The van der Waals surface area contributed by atoms with E-state index in [4.69, 9.17) is 22.9 Å². The minimum atomic E-state index is 0.605. The van der Waals surface area contributed by atoms with Gasteiger partial charge in [-0.2, -0.15) is 20.5 Å². The van der Waals surface area contributed by atoms with Crippen LogP contribution in [-0.2, 0) is 0 Å². The Kier molecular flexibility index (Phi) is 6.92. The molecule has 0 atom stereocenters. The molecule has 42 heavy (non-hydrogen) atoms. The molecular weight excluding hydrogens is 524 g/mol. The molecule has 0 unspecified atom stereocenters. The van der Waals surface area contributed by atoms with E-state index in [1.54, 1.807) is 12.1 Å². The summed E-state index contributed by atoms with van der Waals surface area (Å²) < 4.78 is 0. The first-order valence-corrected chi connectivity index (χ1v) is 13.0. The Morgan fingerprint density at radius 1 is 0.310 bits per heavy atom. The maximum atomic E-state index is 6.10. The molecule has 10 heteroatoms. The zero-order valence-electron chi connectivity index (χ0n) is 22.4. The number of anilines is 4. The molecule has 10 nitrogen and oxygen atoms in total. The lowest BCUT2D eigenvalue weighted by Crippen LogP contribution is -1.92. The van der Waals surface area contributed by atoms with Crippen molar-refractivity contribution in [3.63, 3.8) is 0 Å². The SMILES string of the molecule is Nc1cccc2c(N=Nc3ccc(N=Nc4ccc(N=Nc5ccc(N)c6c(N)cccc56)cc4)cc3)ccc(N)c12. The summed E-state index contributed by atoms with van der Waals surface area (Å²) in [5.74, 6) is 0. The zero-order chi connectivity index (χ0) is 29.1. The van der Waals surface area contributed by atoms with E-state index in [9.17, 15) is 0 Å². The monoisotopic (exact) mass is 550 g/mol. The predicted octanol–water partition coefficient (Wildman–Crippen LogP) is 9.57. The highest BCUT2D eigenvalue weighted by atomic mass is 15.1. The Morgan fingerprint density at radius 3 is 0.976 bits per heavy atom. The molecule has 0 spiro atoms. The second kappa shape index (κ2) is 11.1. The summed E-state index contributed by atoms with van der Waals surface area (Å²) in [7, 11) is 0. The molecule has 6 aromatic carbocycles. The molecule has 0 heterocycles. The van der Waals surface area contributed by atoms with Crippen molar-refractivity contribution in [3.8, 4) is 0 Å². The van der Waals surface area contributed by atoms with Crippen LogP contribution in [0.4, 0.5) is 56.9 Å². The minimum Gasteiger partial charge on any atom is -0.398 e. The lowest BCUT2D eigenvalue weighted by molar-refractivity contribution is 1.21. The smallest absolute Gasteiger partial charge is 0.0937 e. The normalized spacial score (nSPS) is 11.9. The van der Waals surface area contributed by atoms with Crippen molar-refractivity contribution in [1.82, 2.24) is 0 Å². The summed E-state index contributed by atoms with van der Waals surface area (Å²) in [6.45, 7) is 0. The van der Waals surface area contributed by atoms with Gasteiger partial charge in [-0.1, -0.05) is 24.3 Å². The molecular formula is C32H26N10. The van der Waals surface area contributed by atoms with E-state index < -0.39 is 0 Å². The molecule has 204 valence electrons. The van der Waals surface area contributed by atoms with Gasteiger partial charge in [0.25, 0.3) is 0 Å². The van der Waals surface area contributed by atoms with Gasteiger partial charge in [0.05, 0.1) is 34.1 Å². The van der Waals surface area contributed by atoms with Crippen molar-refractivity contribution >= 4 is 78.4 Å². The van der Waals surface area contributed by atoms with Crippen LogP contribution in [0.25, 0.3) is 21.5 Å². The standard InChI is InChI=1S/C32H26N10/c33-25-5-1-3-23-29(17-15-27(35)31(23)25)41-39-21-11-7-19(8-12-21)37-38-20-9-13-22(14-10-20)40-42-30-18-16-28(36)32-24(30)4-2-6-26(32)34/h1-18H,33-36H2. The van der Waals surface area contributed by atoms with Gasteiger partial charge in [-0.05, 0) is 84.9 Å². The Balaban J connectivity index is 1.13. The number of hydrogen-bond acceptors (Lipinski definition) is 10. The number of benzene rings is 6. The third kappa shape index (κ3) is 5.32. The minimum absolute atomic E-state index is 0.605. The van der Waals surface area contributed by atoms with E-state index in [0.29, 0.717) is 56.9 Å². The molecule has 0 saturated carbocycles. The van der Waals surface area contributed by atoms with Gasteiger partial charge < -0.3 is 22.9 Å². The first-order valence-electron chi connectivity index (χ1n) is 13.0. The Morgan fingerprint density at radius 2 is 0.619 bits per heavy atom. The fraction of sp³-hybridized carbons (Fsp3) is 0. The lowest BCUT2D eigenvalue weighted by atomic mass is 10.1. The molecule has 8 N–H and O–H groups in total. The molecule has 6 aromatic rings. The van der Waals surface area contributed by atoms with E-state index in [0.717, 1.165) is 21.5 Å². The first kappa shape index (κ1) is 26.1. The van der Waals surface area contributed by atoms with Crippen molar-refractivity contribution in [1.29, 1.82) is 0 Å². The number of rotatable bonds is 6. The van der Waals surface area contributed by atoms with Crippen LogP contribution in [-0.4, -0.2) is 0 Å². The summed E-state index contributed by atoms with van der Waals surface area (Å²) in [5.41, 5.74) is 30.9. The van der Waals surface area contributed by atoms with Gasteiger partial charge in [0.1, 0.15) is 0 Å². The number of nitrogens with zero attached hydrogens (tertiary/aromatic N) is 6. The summed E-state index contributed by atoms with van der Waals surface area (Å²) >= 11 is 0. The quantitative estimate of drug-likeness (QED) is 0.119. The van der Waals surface area contributed by atoms with Crippen LogP contribution >= 0.6 is 0 Å².